The third-order valence-electron chi connectivity index (χ3n) is 3.43. The van der Waals surface area contributed by atoms with Crippen LogP contribution in [0.25, 0.3) is 11.0 Å². The number of ether oxygens (including phenoxy) is 2. The van der Waals surface area contributed by atoms with Gasteiger partial charge in [-0.3, -0.25) is 0 Å². The van der Waals surface area contributed by atoms with Crippen LogP contribution >= 0.6 is 0 Å². The Hall–Kier alpha value is -3.30. The standard InChI is InChI=1S/C14H12N4O6/c1-3-23-13(21)7-9-11(19)18-6-16-8(14(22)24-4-2)10(18)12(20)17(9)5-15-7/h5-6H,3-4H2,1-2H3/p+2. The van der Waals surface area contributed by atoms with Crippen LogP contribution < -0.4 is 21.1 Å². The van der Waals surface area contributed by atoms with Crippen LogP contribution in [0.2, 0.25) is 0 Å². The van der Waals surface area contributed by atoms with Crippen molar-refractivity contribution in [2.45, 2.75) is 13.8 Å². The molecule has 3 aromatic heterocycles. The SMILES string of the molecule is CCOC(=O)c1[nH+]cn2c(=O)c3c(C(=O)OCC)[nH+]cn3c(=O)c12. The number of nitrogens with zero attached hydrogens (tertiary/aromatic N) is 2. The highest BCUT2D eigenvalue weighted by Crippen LogP contribution is 2.06. The van der Waals surface area contributed by atoms with E-state index in [4.69, 9.17) is 9.47 Å². The van der Waals surface area contributed by atoms with E-state index in [1.807, 2.05) is 0 Å². The molecule has 0 amide bonds. The lowest BCUT2D eigenvalue weighted by molar-refractivity contribution is -0.381. The van der Waals surface area contributed by atoms with E-state index < -0.39 is 23.1 Å². The van der Waals surface area contributed by atoms with Crippen molar-refractivity contribution in [1.29, 1.82) is 0 Å². The monoisotopic (exact) mass is 334 g/mol. The van der Waals surface area contributed by atoms with Crippen LogP contribution in [0.5, 0.6) is 0 Å². The van der Waals surface area contributed by atoms with Crippen LogP contribution in [-0.4, -0.2) is 34.0 Å². The molecule has 0 aromatic carbocycles. The highest BCUT2D eigenvalue weighted by molar-refractivity contribution is 5.95. The molecular weight excluding hydrogens is 320 g/mol. The molecule has 3 rings (SSSR count). The molecule has 10 nitrogen and oxygen atoms in total. The molecule has 0 aliphatic rings. The largest absolute Gasteiger partial charge is 0.460 e. The van der Waals surface area contributed by atoms with Crippen LogP contribution in [0.4, 0.5) is 0 Å². The summed E-state index contributed by atoms with van der Waals surface area (Å²) in [6, 6.07) is 0. The molecule has 0 aliphatic carbocycles. The summed E-state index contributed by atoms with van der Waals surface area (Å²) in [4.78, 5) is 54.2. The van der Waals surface area contributed by atoms with Gasteiger partial charge in [0.15, 0.2) is 0 Å². The number of H-pyrrole nitrogens is 2. The number of aromatic nitrogens is 4. The lowest BCUT2D eigenvalue weighted by Crippen LogP contribution is -2.28. The molecule has 2 N–H and O–H groups in total. The summed E-state index contributed by atoms with van der Waals surface area (Å²) in [6.07, 6.45) is 2.35. The van der Waals surface area contributed by atoms with Crippen molar-refractivity contribution in [2.24, 2.45) is 0 Å². The number of fused-ring (bicyclic) bond motifs is 2. The van der Waals surface area contributed by atoms with Crippen molar-refractivity contribution in [3.05, 3.63) is 44.8 Å². The van der Waals surface area contributed by atoms with E-state index in [2.05, 4.69) is 9.97 Å². The summed E-state index contributed by atoms with van der Waals surface area (Å²) < 4.78 is 11.7. The minimum Gasteiger partial charge on any atom is -0.460 e. The number of imidazole rings is 2. The van der Waals surface area contributed by atoms with Crippen molar-refractivity contribution < 1.29 is 29.0 Å². The zero-order chi connectivity index (χ0) is 17.4. The smallest absolute Gasteiger partial charge is 0.391 e. The third-order valence-corrected chi connectivity index (χ3v) is 3.43. The molecule has 0 saturated heterocycles. The van der Waals surface area contributed by atoms with Crippen molar-refractivity contribution in [2.75, 3.05) is 13.2 Å². The second-order valence-electron chi connectivity index (χ2n) is 4.79. The van der Waals surface area contributed by atoms with Gasteiger partial charge >= 0.3 is 23.1 Å². The second-order valence-corrected chi connectivity index (χ2v) is 4.79. The maximum atomic E-state index is 12.6. The first-order chi connectivity index (χ1) is 11.5. The zero-order valence-electron chi connectivity index (χ0n) is 12.9. The van der Waals surface area contributed by atoms with Gasteiger partial charge in [-0.1, -0.05) is 0 Å². The fraction of sp³-hybridized carbons (Fsp3) is 0.286. The van der Waals surface area contributed by atoms with Gasteiger partial charge in [0.1, 0.15) is 0 Å². The molecule has 0 radical (unpaired) electrons. The predicted molar refractivity (Wildman–Crippen MR) is 77.1 cm³/mol. The Morgan fingerprint density at radius 1 is 0.875 bits per heavy atom. The van der Waals surface area contributed by atoms with Crippen molar-refractivity contribution in [1.82, 2.24) is 8.80 Å². The summed E-state index contributed by atoms with van der Waals surface area (Å²) in [5, 5.41) is 0. The van der Waals surface area contributed by atoms with Gasteiger partial charge in [-0.2, -0.15) is 0 Å². The molecule has 0 atom stereocenters. The van der Waals surface area contributed by atoms with E-state index >= 15 is 0 Å². The van der Waals surface area contributed by atoms with Gasteiger partial charge < -0.3 is 9.47 Å². The molecule has 3 aromatic rings. The molecule has 0 fully saturated rings. The Kier molecular flexibility index (Phi) is 3.72. The quantitative estimate of drug-likeness (QED) is 0.526. The minimum absolute atomic E-state index is 0.120. The Labute approximate surface area is 133 Å². The molecule has 0 saturated carbocycles. The summed E-state index contributed by atoms with van der Waals surface area (Å²) in [5.74, 6) is -1.50. The molecule has 24 heavy (non-hydrogen) atoms. The number of nitrogens with one attached hydrogen (secondary N) is 2. The highest BCUT2D eigenvalue weighted by Gasteiger charge is 2.34. The van der Waals surface area contributed by atoms with Crippen LogP contribution in [0, 0.1) is 0 Å². The molecule has 10 heteroatoms. The number of carbonyl (C=O) groups is 2. The van der Waals surface area contributed by atoms with Crippen molar-refractivity contribution in [3.8, 4) is 0 Å². The topological polar surface area (TPSA) is 124 Å². The summed E-state index contributed by atoms with van der Waals surface area (Å²) in [5.41, 5.74) is -1.89. The van der Waals surface area contributed by atoms with Crippen LogP contribution in [0.1, 0.15) is 34.8 Å². The van der Waals surface area contributed by atoms with Crippen molar-refractivity contribution in [3.63, 3.8) is 0 Å². The van der Waals surface area contributed by atoms with Gasteiger partial charge in [0.25, 0.3) is 35.1 Å². The fourth-order valence-corrected chi connectivity index (χ4v) is 2.45. The number of aromatic amines is 2. The average Bonchev–Trinajstić information content (AvgIpc) is 3.18. The van der Waals surface area contributed by atoms with E-state index in [9.17, 15) is 19.2 Å². The summed E-state index contributed by atoms with van der Waals surface area (Å²) >= 11 is 0. The molecule has 0 unspecified atom stereocenters. The van der Waals surface area contributed by atoms with Gasteiger partial charge in [-0.05, 0) is 13.8 Å². The fourth-order valence-electron chi connectivity index (χ4n) is 2.45. The first-order valence-corrected chi connectivity index (χ1v) is 7.20. The van der Waals surface area contributed by atoms with Gasteiger partial charge in [-0.15, -0.1) is 8.80 Å². The van der Waals surface area contributed by atoms with E-state index in [1.54, 1.807) is 13.8 Å². The van der Waals surface area contributed by atoms with Crippen LogP contribution in [0.15, 0.2) is 22.2 Å². The first-order valence-electron chi connectivity index (χ1n) is 7.20. The summed E-state index contributed by atoms with van der Waals surface area (Å²) in [6.45, 7) is 3.49. The minimum atomic E-state index is -0.752. The molecule has 3 heterocycles. The molecule has 124 valence electrons. The maximum Gasteiger partial charge on any atom is 0.391 e. The molecular formula is C14H14N4O6+2. The Balaban J connectivity index is 2.35. The van der Waals surface area contributed by atoms with Gasteiger partial charge in [0.2, 0.25) is 0 Å². The molecule has 0 bridgehead atoms. The van der Waals surface area contributed by atoms with Crippen LogP contribution in [0.3, 0.4) is 0 Å². The number of rotatable bonds is 4. The highest BCUT2D eigenvalue weighted by atomic mass is 16.5. The Morgan fingerprint density at radius 3 is 1.58 bits per heavy atom. The van der Waals surface area contributed by atoms with Gasteiger partial charge in [-0.25, -0.2) is 29.1 Å². The number of esters is 2. The van der Waals surface area contributed by atoms with Crippen molar-refractivity contribution >= 4 is 23.0 Å². The molecule has 0 aliphatic heterocycles. The summed E-state index contributed by atoms with van der Waals surface area (Å²) in [7, 11) is 0. The lowest BCUT2D eigenvalue weighted by atomic mass is 10.3. The van der Waals surface area contributed by atoms with Gasteiger partial charge in [0.05, 0.1) is 13.2 Å². The maximum absolute atomic E-state index is 12.6. The zero-order valence-corrected chi connectivity index (χ0v) is 12.9. The van der Waals surface area contributed by atoms with E-state index in [0.717, 1.165) is 8.80 Å². The predicted octanol–water partition coefficient (Wildman–Crippen LogP) is -1.67. The Bertz CT molecular complexity index is 980. The van der Waals surface area contributed by atoms with Crippen LogP contribution in [-0.2, 0) is 9.47 Å². The lowest BCUT2D eigenvalue weighted by Gasteiger charge is -1.95. The van der Waals surface area contributed by atoms with Gasteiger partial charge in [0, 0.05) is 0 Å². The number of carbonyl (C=O) groups excluding carboxylic acids is 2. The first kappa shape index (κ1) is 15.6. The van der Waals surface area contributed by atoms with E-state index in [-0.39, 0.29) is 35.6 Å². The Morgan fingerprint density at radius 2 is 1.25 bits per heavy atom. The number of hydrogen-bond donors (Lipinski definition) is 0. The second kappa shape index (κ2) is 5.72. The van der Waals surface area contributed by atoms with E-state index in [0.29, 0.717) is 0 Å². The number of hydrogen-bond acceptors (Lipinski definition) is 6. The van der Waals surface area contributed by atoms with E-state index in [1.165, 1.54) is 12.7 Å². The normalized spacial score (nSPS) is 11.1. The third kappa shape index (κ3) is 2.11. The average molecular weight is 334 g/mol. The molecule has 0 spiro atoms.